The minimum Gasteiger partial charge on any atom is -0.436 e. The minimum atomic E-state index is -5.03. The molecular formula is C27H24F7N3O4S. The van der Waals surface area contributed by atoms with Crippen molar-refractivity contribution in [3.63, 3.8) is 0 Å². The van der Waals surface area contributed by atoms with Crippen LogP contribution < -0.4 is 10.1 Å². The van der Waals surface area contributed by atoms with Crippen molar-refractivity contribution < 1.29 is 48.7 Å². The van der Waals surface area contributed by atoms with Gasteiger partial charge in [0.25, 0.3) is 11.8 Å². The zero-order valence-corrected chi connectivity index (χ0v) is 23.4. The van der Waals surface area contributed by atoms with Crippen LogP contribution in [0.25, 0.3) is 0 Å². The average molecular weight is 620 g/mol. The van der Waals surface area contributed by atoms with Gasteiger partial charge in [0.15, 0.2) is 15.5 Å². The molecule has 1 N–H and O–H groups in total. The van der Waals surface area contributed by atoms with Crippen molar-refractivity contribution in [2.24, 2.45) is 0 Å². The third-order valence-corrected chi connectivity index (χ3v) is 8.40. The molecule has 0 aliphatic heterocycles. The predicted octanol–water partition coefficient (Wildman–Crippen LogP) is 6.99. The summed E-state index contributed by atoms with van der Waals surface area (Å²) >= 11 is 0. The molecule has 0 atom stereocenters. The van der Waals surface area contributed by atoms with Crippen molar-refractivity contribution in [1.29, 1.82) is 0 Å². The monoisotopic (exact) mass is 619 g/mol. The summed E-state index contributed by atoms with van der Waals surface area (Å²) in [5.41, 5.74) is -6.35. The maximum atomic E-state index is 15.5. The van der Waals surface area contributed by atoms with E-state index in [-0.39, 0.29) is 46.7 Å². The Hall–Kier alpha value is -3.75. The van der Waals surface area contributed by atoms with E-state index < -0.39 is 67.6 Å². The van der Waals surface area contributed by atoms with Crippen molar-refractivity contribution in [2.75, 3.05) is 11.6 Å². The lowest BCUT2D eigenvalue weighted by Crippen LogP contribution is -2.48. The van der Waals surface area contributed by atoms with Gasteiger partial charge in [-0.15, -0.1) is 10.2 Å². The number of alkyl halides is 6. The Labute approximate surface area is 236 Å². The maximum absolute atomic E-state index is 15.5. The molecule has 1 heterocycles. The molecule has 226 valence electrons. The molecule has 1 saturated carbocycles. The summed E-state index contributed by atoms with van der Waals surface area (Å²) in [6.45, 7) is 3.40. The number of aryl methyl sites for hydroxylation is 1. The zero-order chi connectivity index (χ0) is 31.4. The van der Waals surface area contributed by atoms with Crippen molar-refractivity contribution in [3.8, 4) is 11.6 Å². The number of carbonyl (C=O) groups excluding carboxylic acids is 1. The standard InChI is InChI=1S/C27H24F7N3O4S/c1-13-11-18(25(9-6-10-25)27(32,33)34)20(28)15(3)21(13)41-24-19(14(2)22(36-37-24)26(29,30)31)23(38)35-16-7-5-8-17(12-16)42(4,39)40/h5,7-8,11-12H,6,9-10H2,1-4H3,(H,35,38). The molecule has 15 heteroatoms. The van der Waals surface area contributed by atoms with Crippen LogP contribution in [-0.2, 0) is 21.4 Å². The molecule has 3 aromatic rings. The van der Waals surface area contributed by atoms with Crippen molar-refractivity contribution in [3.05, 3.63) is 69.7 Å². The van der Waals surface area contributed by atoms with E-state index in [0.29, 0.717) is 0 Å². The van der Waals surface area contributed by atoms with Crippen molar-refractivity contribution >= 4 is 21.4 Å². The lowest BCUT2D eigenvalue weighted by atomic mass is 9.63. The molecule has 1 amide bonds. The first-order chi connectivity index (χ1) is 19.3. The first-order valence-electron chi connectivity index (χ1n) is 12.4. The second kappa shape index (κ2) is 10.5. The maximum Gasteiger partial charge on any atom is 0.435 e. The Morgan fingerprint density at radius 3 is 2.17 bits per heavy atom. The fourth-order valence-electron chi connectivity index (χ4n) is 4.89. The van der Waals surface area contributed by atoms with Gasteiger partial charge in [-0.1, -0.05) is 12.5 Å². The lowest BCUT2D eigenvalue weighted by Gasteiger charge is -2.44. The van der Waals surface area contributed by atoms with Crippen molar-refractivity contribution in [2.45, 2.75) is 62.7 Å². The first kappa shape index (κ1) is 31.2. The molecule has 42 heavy (non-hydrogen) atoms. The number of nitrogens with zero attached hydrogens (tertiary/aromatic N) is 2. The van der Waals surface area contributed by atoms with Crippen LogP contribution in [0.1, 0.15) is 57.6 Å². The van der Waals surface area contributed by atoms with E-state index in [0.717, 1.165) is 32.2 Å². The normalized spacial score (nSPS) is 15.2. The number of carbonyl (C=O) groups is 1. The highest BCUT2D eigenvalue weighted by molar-refractivity contribution is 7.90. The van der Waals surface area contributed by atoms with E-state index in [4.69, 9.17) is 4.74 Å². The van der Waals surface area contributed by atoms with E-state index in [1.807, 2.05) is 0 Å². The molecule has 1 aromatic heterocycles. The predicted molar refractivity (Wildman–Crippen MR) is 137 cm³/mol. The molecule has 0 saturated heterocycles. The summed E-state index contributed by atoms with van der Waals surface area (Å²) in [4.78, 5) is 13.1. The number of nitrogens with one attached hydrogen (secondary N) is 1. The van der Waals surface area contributed by atoms with Gasteiger partial charge in [-0.05, 0) is 69.0 Å². The number of hydrogen-bond acceptors (Lipinski definition) is 6. The van der Waals surface area contributed by atoms with Gasteiger partial charge in [-0.25, -0.2) is 12.8 Å². The molecule has 2 aromatic carbocycles. The number of benzene rings is 2. The van der Waals surface area contributed by atoms with Crippen LogP contribution in [0.2, 0.25) is 0 Å². The van der Waals surface area contributed by atoms with Gasteiger partial charge in [0.1, 0.15) is 17.1 Å². The molecule has 0 spiro atoms. The molecule has 1 aliphatic carbocycles. The minimum absolute atomic E-state index is 0.0194. The highest BCUT2D eigenvalue weighted by atomic mass is 32.2. The topological polar surface area (TPSA) is 98.2 Å². The van der Waals surface area contributed by atoms with E-state index in [9.17, 15) is 39.6 Å². The van der Waals surface area contributed by atoms with Crippen LogP contribution in [0.4, 0.5) is 36.4 Å². The molecule has 4 rings (SSSR count). The van der Waals surface area contributed by atoms with Gasteiger partial charge in [-0.2, -0.15) is 26.3 Å². The van der Waals surface area contributed by atoms with E-state index in [1.165, 1.54) is 25.1 Å². The second-order valence-corrected chi connectivity index (χ2v) is 12.2. The summed E-state index contributed by atoms with van der Waals surface area (Å²) < 4.78 is 128. The number of halogens is 7. The number of amides is 1. The molecule has 0 bridgehead atoms. The quantitative estimate of drug-likeness (QED) is 0.299. The van der Waals surface area contributed by atoms with Crippen LogP contribution in [0.3, 0.4) is 0 Å². The van der Waals surface area contributed by atoms with Gasteiger partial charge in [0, 0.05) is 23.1 Å². The Bertz CT molecular complexity index is 1680. The highest BCUT2D eigenvalue weighted by Crippen LogP contribution is 2.56. The zero-order valence-electron chi connectivity index (χ0n) is 22.6. The number of aromatic nitrogens is 2. The summed E-state index contributed by atoms with van der Waals surface area (Å²) in [5, 5.41) is 8.85. The number of sulfone groups is 1. The average Bonchev–Trinajstić information content (AvgIpc) is 2.82. The number of rotatable bonds is 6. The van der Waals surface area contributed by atoms with E-state index >= 15 is 4.39 Å². The highest BCUT2D eigenvalue weighted by Gasteiger charge is 2.60. The number of anilines is 1. The third-order valence-electron chi connectivity index (χ3n) is 7.29. The first-order valence-corrected chi connectivity index (χ1v) is 14.3. The van der Waals surface area contributed by atoms with Crippen molar-refractivity contribution in [1.82, 2.24) is 10.2 Å². The smallest absolute Gasteiger partial charge is 0.435 e. The fourth-order valence-corrected chi connectivity index (χ4v) is 5.55. The van der Waals surface area contributed by atoms with Gasteiger partial charge in [0.05, 0.1) is 10.3 Å². The summed E-state index contributed by atoms with van der Waals surface area (Å²) in [6.07, 6.45) is -9.19. The van der Waals surface area contributed by atoms with Gasteiger partial charge in [0.2, 0.25) is 0 Å². The fraction of sp³-hybridized carbons (Fsp3) is 0.370. The summed E-state index contributed by atoms with van der Waals surface area (Å²) in [5.74, 6) is -3.52. The van der Waals surface area contributed by atoms with E-state index in [1.54, 1.807) is 0 Å². The Balaban J connectivity index is 1.81. The number of ether oxygens (including phenoxy) is 1. The largest absolute Gasteiger partial charge is 0.436 e. The second-order valence-electron chi connectivity index (χ2n) is 10.2. The van der Waals surface area contributed by atoms with Gasteiger partial charge in [-0.3, -0.25) is 4.79 Å². The SMILES string of the molecule is Cc1cc(C2(C(F)(F)F)CCC2)c(F)c(C)c1Oc1nnc(C(F)(F)F)c(C)c1C(=O)Nc1cccc(S(C)(=O)=O)c1. The van der Waals surface area contributed by atoms with Crippen LogP contribution in [0.5, 0.6) is 11.6 Å². The van der Waals surface area contributed by atoms with Gasteiger partial charge < -0.3 is 10.1 Å². The number of hydrogen-bond donors (Lipinski definition) is 1. The van der Waals surface area contributed by atoms with Gasteiger partial charge >= 0.3 is 12.4 Å². The molecular weight excluding hydrogens is 595 g/mol. The summed E-state index contributed by atoms with van der Waals surface area (Å²) in [6, 6.07) is 5.90. The molecule has 0 unspecified atom stereocenters. The Morgan fingerprint density at radius 2 is 1.64 bits per heavy atom. The Kier molecular flexibility index (Phi) is 7.80. The molecule has 0 radical (unpaired) electrons. The Morgan fingerprint density at radius 1 is 1.00 bits per heavy atom. The third kappa shape index (κ3) is 5.53. The van der Waals surface area contributed by atoms with Crippen LogP contribution in [0.15, 0.2) is 35.2 Å². The van der Waals surface area contributed by atoms with Crippen LogP contribution in [0, 0.1) is 26.6 Å². The van der Waals surface area contributed by atoms with E-state index in [2.05, 4.69) is 15.5 Å². The molecule has 1 fully saturated rings. The lowest BCUT2D eigenvalue weighted by molar-refractivity contribution is -0.213. The molecule has 7 nitrogen and oxygen atoms in total. The van der Waals surface area contributed by atoms with Crippen LogP contribution >= 0.6 is 0 Å². The van der Waals surface area contributed by atoms with Crippen LogP contribution in [-0.4, -0.2) is 37.0 Å². The molecule has 1 aliphatic rings. The summed E-state index contributed by atoms with van der Waals surface area (Å²) in [7, 11) is -3.70.